The van der Waals surface area contributed by atoms with E-state index in [1.165, 1.54) is 0 Å². The first-order valence-electron chi connectivity index (χ1n) is 9.02. The van der Waals surface area contributed by atoms with Gasteiger partial charge in [0.1, 0.15) is 22.9 Å². The number of aromatic hydroxyl groups is 1. The molecule has 0 aliphatic rings. The van der Waals surface area contributed by atoms with Crippen LogP contribution in [0.15, 0.2) is 105 Å². The summed E-state index contributed by atoms with van der Waals surface area (Å²) < 4.78 is 5.28. The van der Waals surface area contributed by atoms with Crippen LogP contribution in [-0.4, -0.2) is 12.2 Å². The molecule has 0 aromatic heterocycles. The van der Waals surface area contributed by atoms with Gasteiger partial charge in [-0.05, 0) is 41.8 Å². The summed E-state index contributed by atoms with van der Waals surface area (Å²) in [7, 11) is 1.60. The molecule has 0 aliphatic carbocycles. The molecule has 0 amide bonds. The highest BCUT2D eigenvalue weighted by Gasteiger charge is 2.06. The summed E-state index contributed by atoms with van der Waals surface area (Å²) in [5.74, 6) is 0.734. The highest BCUT2D eigenvalue weighted by molar-refractivity contribution is 5.95. The van der Waals surface area contributed by atoms with E-state index >= 15 is 0 Å². The van der Waals surface area contributed by atoms with E-state index in [4.69, 9.17) is 4.74 Å². The van der Waals surface area contributed by atoms with Crippen molar-refractivity contribution in [2.75, 3.05) is 7.11 Å². The summed E-state index contributed by atoms with van der Waals surface area (Å²) >= 11 is 0. The Hall–Kier alpha value is -4.06. The van der Waals surface area contributed by atoms with Crippen LogP contribution in [0.1, 0.15) is 0 Å². The van der Waals surface area contributed by atoms with Gasteiger partial charge in [0.05, 0.1) is 18.5 Å². The van der Waals surface area contributed by atoms with Gasteiger partial charge in [-0.15, -0.1) is 10.2 Å². The Labute approximate surface area is 167 Å². The molecule has 1 N–H and O–H groups in total. The van der Waals surface area contributed by atoms with Gasteiger partial charge in [0.2, 0.25) is 0 Å². The number of phenols is 1. The van der Waals surface area contributed by atoms with Crippen LogP contribution in [0.3, 0.4) is 0 Å². The number of phenolic OH excluding ortho intramolecular Hbond substituents is 1. The van der Waals surface area contributed by atoms with Gasteiger partial charge in [0.15, 0.2) is 0 Å². The van der Waals surface area contributed by atoms with Crippen molar-refractivity contribution >= 4 is 33.5 Å². The number of benzene rings is 4. The molecule has 0 radical (unpaired) electrons. The van der Waals surface area contributed by atoms with E-state index in [1.54, 1.807) is 19.2 Å². The van der Waals surface area contributed by atoms with Crippen molar-refractivity contribution in [2.45, 2.75) is 0 Å². The van der Waals surface area contributed by atoms with Crippen LogP contribution in [0.25, 0.3) is 10.8 Å². The largest absolute Gasteiger partial charge is 0.506 e. The summed E-state index contributed by atoms with van der Waals surface area (Å²) in [6.07, 6.45) is 0. The van der Waals surface area contributed by atoms with Crippen molar-refractivity contribution in [3.05, 3.63) is 84.9 Å². The minimum atomic E-state index is 0.0828. The Kier molecular flexibility index (Phi) is 5.25. The molecule has 0 heterocycles. The normalized spacial score (nSPS) is 11.5. The van der Waals surface area contributed by atoms with Crippen molar-refractivity contribution in [3.63, 3.8) is 0 Å². The fraction of sp³-hybridized carbons (Fsp3) is 0.0435. The molecule has 0 spiro atoms. The number of fused-ring (bicyclic) bond motifs is 1. The van der Waals surface area contributed by atoms with Crippen molar-refractivity contribution in [3.8, 4) is 11.5 Å². The quantitative estimate of drug-likeness (QED) is 0.365. The van der Waals surface area contributed by atoms with Crippen molar-refractivity contribution in [1.82, 2.24) is 0 Å². The topological polar surface area (TPSA) is 78.9 Å². The molecule has 6 nitrogen and oxygen atoms in total. The summed E-state index contributed by atoms with van der Waals surface area (Å²) in [6, 6.07) is 25.8. The van der Waals surface area contributed by atoms with Crippen LogP contribution in [-0.2, 0) is 0 Å². The lowest BCUT2D eigenvalue weighted by atomic mass is 10.1. The lowest BCUT2D eigenvalue weighted by molar-refractivity contribution is 0.416. The van der Waals surface area contributed by atoms with Gasteiger partial charge in [-0.1, -0.05) is 48.5 Å². The van der Waals surface area contributed by atoms with E-state index in [9.17, 15) is 5.11 Å². The Morgan fingerprint density at radius 1 is 0.690 bits per heavy atom. The molecule has 4 aromatic rings. The fourth-order valence-electron chi connectivity index (χ4n) is 2.90. The highest BCUT2D eigenvalue weighted by atomic mass is 16.5. The van der Waals surface area contributed by atoms with Gasteiger partial charge in [-0.25, -0.2) is 0 Å². The number of nitrogens with zero attached hydrogens (tertiary/aromatic N) is 4. The molecular formula is C23H18N4O2. The number of methoxy groups -OCH3 is 1. The molecule has 142 valence electrons. The van der Waals surface area contributed by atoms with Gasteiger partial charge >= 0.3 is 0 Å². The first-order chi connectivity index (χ1) is 14.2. The summed E-state index contributed by atoms with van der Waals surface area (Å²) in [5.41, 5.74) is 2.31. The smallest absolute Gasteiger partial charge is 0.146 e. The summed E-state index contributed by atoms with van der Waals surface area (Å²) in [4.78, 5) is 0. The van der Waals surface area contributed by atoms with E-state index in [0.717, 1.165) is 10.8 Å². The lowest BCUT2D eigenvalue weighted by Crippen LogP contribution is -1.81. The van der Waals surface area contributed by atoms with Crippen molar-refractivity contribution in [1.29, 1.82) is 0 Å². The third kappa shape index (κ3) is 4.11. The second-order valence-corrected chi connectivity index (χ2v) is 6.25. The Bertz CT molecular complexity index is 1220. The molecule has 6 heteroatoms. The second kappa shape index (κ2) is 8.31. The van der Waals surface area contributed by atoms with E-state index in [-0.39, 0.29) is 5.75 Å². The minimum absolute atomic E-state index is 0.0828. The third-order valence-corrected chi connectivity index (χ3v) is 4.33. The van der Waals surface area contributed by atoms with Gasteiger partial charge in [-0.2, -0.15) is 10.2 Å². The predicted molar refractivity (Wildman–Crippen MR) is 113 cm³/mol. The zero-order valence-corrected chi connectivity index (χ0v) is 15.7. The van der Waals surface area contributed by atoms with Crippen LogP contribution in [0.4, 0.5) is 22.7 Å². The molecule has 0 unspecified atom stereocenters. The standard InChI is InChI=1S/C23H18N4O2/c1-29-22-12-5-4-11-20(22)26-24-17-8-6-9-18(15-17)25-27-23-19-10-3-2-7-16(19)13-14-21(23)28/h2-15,28H,1H3. The van der Waals surface area contributed by atoms with E-state index < -0.39 is 0 Å². The van der Waals surface area contributed by atoms with Crippen LogP contribution in [0.2, 0.25) is 0 Å². The van der Waals surface area contributed by atoms with Crippen molar-refractivity contribution < 1.29 is 9.84 Å². The molecule has 4 rings (SSSR count). The number of ether oxygens (including phenoxy) is 1. The number of rotatable bonds is 5. The van der Waals surface area contributed by atoms with E-state index in [0.29, 0.717) is 28.5 Å². The Morgan fingerprint density at radius 3 is 2.24 bits per heavy atom. The van der Waals surface area contributed by atoms with Gasteiger partial charge in [-0.3, -0.25) is 0 Å². The average molecular weight is 382 g/mol. The van der Waals surface area contributed by atoms with Crippen molar-refractivity contribution in [2.24, 2.45) is 20.5 Å². The minimum Gasteiger partial charge on any atom is -0.506 e. The Morgan fingerprint density at radius 2 is 1.41 bits per heavy atom. The number of para-hydroxylation sites is 1. The molecule has 0 aliphatic heterocycles. The fourth-order valence-corrected chi connectivity index (χ4v) is 2.90. The number of hydrogen-bond acceptors (Lipinski definition) is 6. The molecule has 4 aromatic carbocycles. The average Bonchev–Trinajstić information content (AvgIpc) is 2.77. The van der Waals surface area contributed by atoms with E-state index in [2.05, 4.69) is 20.5 Å². The van der Waals surface area contributed by atoms with Crippen LogP contribution in [0, 0.1) is 0 Å². The monoisotopic (exact) mass is 382 g/mol. The Balaban J connectivity index is 1.62. The van der Waals surface area contributed by atoms with E-state index in [1.807, 2.05) is 72.8 Å². The van der Waals surface area contributed by atoms with Gasteiger partial charge in [0, 0.05) is 5.39 Å². The lowest BCUT2D eigenvalue weighted by Gasteiger charge is -2.03. The maximum atomic E-state index is 10.2. The first kappa shape index (κ1) is 18.3. The second-order valence-electron chi connectivity index (χ2n) is 6.25. The zero-order chi connectivity index (χ0) is 20.1. The van der Waals surface area contributed by atoms with Gasteiger partial charge < -0.3 is 9.84 Å². The molecule has 0 bridgehead atoms. The summed E-state index contributed by atoms with van der Waals surface area (Å²) in [6.45, 7) is 0. The maximum absolute atomic E-state index is 10.2. The highest BCUT2D eigenvalue weighted by Crippen LogP contribution is 2.36. The van der Waals surface area contributed by atoms with Crippen LogP contribution in [0.5, 0.6) is 11.5 Å². The SMILES string of the molecule is COc1ccccc1N=Nc1cccc(N=Nc2c(O)ccc3ccccc23)c1. The predicted octanol–water partition coefficient (Wildman–Crippen LogP) is 7.38. The van der Waals surface area contributed by atoms with Crippen LogP contribution >= 0.6 is 0 Å². The molecule has 0 fully saturated rings. The first-order valence-corrected chi connectivity index (χ1v) is 9.02. The molecule has 0 atom stereocenters. The van der Waals surface area contributed by atoms with Crippen LogP contribution < -0.4 is 4.74 Å². The zero-order valence-electron chi connectivity index (χ0n) is 15.7. The third-order valence-electron chi connectivity index (χ3n) is 4.33. The number of hydrogen-bond donors (Lipinski definition) is 1. The maximum Gasteiger partial charge on any atom is 0.146 e. The molecule has 0 saturated heterocycles. The molecule has 29 heavy (non-hydrogen) atoms. The molecular weight excluding hydrogens is 364 g/mol. The van der Waals surface area contributed by atoms with Gasteiger partial charge in [0.25, 0.3) is 0 Å². The number of azo groups is 2. The summed E-state index contributed by atoms with van der Waals surface area (Å²) in [5, 5.41) is 29.1. The molecule has 0 saturated carbocycles.